The van der Waals surface area contributed by atoms with Gasteiger partial charge in [0.05, 0.1) is 0 Å². The Kier molecular flexibility index (Phi) is 4.63. The van der Waals surface area contributed by atoms with Crippen LogP contribution in [0.4, 0.5) is 5.69 Å². The summed E-state index contributed by atoms with van der Waals surface area (Å²) in [7, 11) is 0. The van der Waals surface area contributed by atoms with Crippen LogP contribution in [0.25, 0.3) is 10.9 Å². The zero-order valence-corrected chi connectivity index (χ0v) is 15.1. The van der Waals surface area contributed by atoms with E-state index in [2.05, 4.69) is 69.4 Å². The molecule has 3 nitrogen and oxygen atoms in total. The third kappa shape index (κ3) is 3.78. The van der Waals surface area contributed by atoms with Crippen molar-refractivity contribution in [2.45, 2.75) is 13.5 Å². The van der Waals surface area contributed by atoms with Crippen LogP contribution in [-0.2, 0) is 6.54 Å². The fraction of sp³-hybridized carbons (Fsp3) is 0.118. The molecular weight excluding hydrogens is 405 g/mol. The van der Waals surface area contributed by atoms with Gasteiger partial charge in [0.1, 0.15) is 0 Å². The molecule has 0 saturated carbocycles. The van der Waals surface area contributed by atoms with Gasteiger partial charge in [0.25, 0.3) is 0 Å². The number of hydrogen-bond acceptors (Lipinski definition) is 1. The van der Waals surface area contributed by atoms with E-state index in [0.29, 0.717) is 11.7 Å². The number of H-pyrrole nitrogens is 1. The maximum absolute atomic E-state index is 5.34. The van der Waals surface area contributed by atoms with Gasteiger partial charge in [0, 0.05) is 27.0 Å². The number of thiocarbonyl (C=S) groups is 1. The molecule has 0 spiro atoms. The number of aromatic nitrogens is 1. The van der Waals surface area contributed by atoms with Gasteiger partial charge in [-0.3, -0.25) is 0 Å². The molecule has 0 radical (unpaired) electrons. The van der Waals surface area contributed by atoms with Crippen LogP contribution >= 0.6 is 34.8 Å². The standard InChI is InChI=1S/C17H16IN3S/c1-11-8-13-9-12(2-7-16(13)20-11)10-19-17(22)21-15-5-3-14(18)4-6-15/h2-9,20H,10H2,1H3,(H2,19,21,22). The third-order valence-corrected chi connectivity index (χ3v) is 4.34. The van der Waals surface area contributed by atoms with E-state index in [4.69, 9.17) is 12.2 Å². The van der Waals surface area contributed by atoms with Gasteiger partial charge < -0.3 is 15.6 Å². The molecule has 1 aromatic heterocycles. The third-order valence-electron chi connectivity index (χ3n) is 3.37. The van der Waals surface area contributed by atoms with Crippen LogP contribution < -0.4 is 10.6 Å². The molecule has 3 rings (SSSR count). The summed E-state index contributed by atoms with van der Waals surface area (Å²) in [6.45, 7) is 2.77. The van der Waals surface area contributed by atoms with Gasteiger partial charge in [0.2, 0.25) is 0 Å². The van der Waals surface area contributed by atoms with Gasteiger partial charge in [-0.2, -0.15) is 0 Å². The minimum atomic E-state index is 0.631. The number of halogens is 1. The average Bonchev–Trinajstić information content (AvgIpc) is 2.87. The molecule has 22 heavy (non-hydrogen) atoms. The molecule has 0 atom stereocenters. The van der Waals surface area contributed by atoms with Crippen molar-refractivity contribution in [2.75, 3.05) is 5.32 Å². The van der Waals surface area contributed by atoms with Gasteiger partial charge in [-0.05, 0) is 95.1 Å². The van der Waals surface area contributed by atoms with E-state index in [1.807, 2.05) is 24.3 Å². The minimum absolute atomic E-state index is 0.631. The number of aryl methyl sites for hydroxylation is 1. The monoisotopic (exact) mass is 421 g/mol. The molecule has 0 fully saturated rings. The number of anilines is 1. The summed E-state index contributed by atoms with van der Waals surface area (Å²) < 4.78 is 1.21. The Bertz CT molecular complexity index is 808. The number of rotatable bonds is 3. The predicted molar refractivity (Wildman–Crippen MR) is 105 cm³/mol. The molecule has 2 aromatic carbocycles. The molecular formula is C17H16IN3S. The van der Waals surface area contributed by atoms with Crippen LogP contribution in [0.2, 0.25) is 0 Å². The highest BCUT2D eigenvalue weighted by Gasteiger charge is 2.01. The molecule has 0 bridgehead atoms. The van der Waals surface area contributed by atoms with E-state index in [1.54, 1.807) is 0 Å². The van der Waals surface area contributed by atoms with E-state index in [-0.39, 0.29) is 0 Å². The molecule has 0 aliphatic rings. The second-order valence-electron chi connectivity index (χ2n) is 5.19. The number of hydrogen-bond donors (Lipinski definition) is 3. The Balaban J connectivity index is 1.60. The number of aromatic amines is 1. The Labute approximate surface area is 148 Å². The molecule has 0 unspecified atom stereocenters. The number of nitrogens with one attached hydrogen (secondary N) is 3. The first-order valence-corrected chi connectivity index (χ1v) is 8.47. The summed E-state index contributed by atoms with van der Waals surface area (Å²) >= 11 is 7.62. The first kappa shape index (κ1) is 15.3. The molecule has 3 N–H and O–H groups in total. The van der Waals surface area contributed by atoms with Crippen LogP contribution in [0.1, 0.15) is 11.3 Å². The smallest absolute Gasteiger partial charge is 0.171 e. The summed E-state index contributed by atoms with van der Waals surface area (Å²) in [6, 6.07) is 16.7. The zero-order chi connectivity index (χ0) is 15.5. The molecule has 3 aromatic rings. The maximum Gasteiger partial charge on any atom is 0.171 e. The van der Waals surface area contributed by atoms with Crippen LogP contribution in [-0.4, -0.2) is 10.1 Å². The van der Waals surface area contributed by atoms with E-state index >= 15 is 0 Å². The lowest BCUT2D eigenvalue weighted by atomic mass is 10.1. The lowest BCUT2D eigenvalue weighted by molar-refractivity contribution is 0.928. The SMILES string of the molecule is Cc1cc2cc(CNC(=S)Nc3ccc(I)cc3)ccc2[nH]1. The van der Waals surface area contributed by atoms with E-state index in [0.717, 1.165) is 5.69 Å². The number of fused-ring (bicyclic) bond motifs is 1. The molecule has 5 heteroatoms. The lowest BCUT2D eigenvalue weighted by Crippen LogP contribution is -2.27. The van der Waals surface area contributed by atoms with Gasteiger partial charge in [-0.15, -0.1) is 0 Å². The summed E-state index contributed by atoms with van der Waals surface area (Å²) in [4.78, 5) is 3.33. The Morgan fingerprint density at radius 3 is 2.68 bits per heavy atom. The second-order valence-corrected chi connectivity index (χ2v) is 6.84. The van der Waals surface area contributed by atoms with Crippen LogP contribution in [0, 0.1) is 10.5 Å². The van der Waals surface area contributed by atoms with Crippen molar-refractivity contribution in [1.82, 2.24) is 10.3 Å². The van der Waals surface area contributed by atoms with Crippen LogP contribution in [0.5, 0.6) is 0 Å². The van der Waals surface area contributed by atoms with E-state index < -0.39 is 0 Å². The lowest BCUT2D eigenvalue weighted by Gasteiger charge is -2.10. The number of benzene rings is 2. The normalized spacial score (nSPS) is 10.6. The Hall–Kier alpha value is -1.60. The highest BCUT2D eigenvalue weighted by molar-refractivity contribution is 14.1. The summed E-state index contributed by atoms with van der Waals surface area (Å²) in [5, 5.41) is 8.29. The molecule has 0 amide bonds. The summed E-state index contributed by atoms with van der Waals surface area (Å²) in [5.41, 5.74) is 4.55. The second kappa shape index (κ2) is 6.66. The van der Waals surface area contributed by atoms with Crippen molar-refractivity contribution >= 4 is 56.5 Å². The van der Waals surface area contributed by atoms with E-state index in [9.17, 15) is 0 Å². The zero-order valence-electron chi connectivity index (χ0n) is 12.1. The van der Waals surface area contributed by atoms with Crippen LogP contribution in [0.3, 0.4) is 0 Å². The van der Waals surface area contributed by atoms with Crippen molar-refractivity contribution in [2.24, 2.45) is 0 Å². The van der Waals surface area contributed by atoms with Gasteiger partial charge in [-0.1, -0.05) is 6.07 Å². The Morgan fingerprint density at radius 2 is 1.91 bits per heavy atom. The summed E-state index contributed by atoms with van der Waals surface area (Å²) in [5.74, 6) is 0. The Morgan fingerprint density at radius 1 is 1.14 bits per heavy atom. The summed E-state index contributed by atoms with van der Waals surface area (Å²) in [6.07, 6.45) is 0. The van der Waals surface area contributed by atoms with Gasteiger partial charge in [0.15, 0.2) is 5.11 Å². The quantitative estimate of drug-likeness (QED) is 0.429. The molecule has 0 saturated heterocycles. The topological polar surface area (TPSA) is 39.8 Å². The van der Waals surface area contributed by atoms with Crippen molar-refractivity contribution in [3.8, 4) is 0 Å². The highest BCUT2D eigenvalue weighted by Crippen LogP contribution is 2.17. The predicted octanol–water partition coefficient (Wildman–Crippen LogP) is 4.57. The van der Waals surface area contributed by atoms with Crippen molar-refractivity contribution < 1.29 is 0 Å². The molecule has 0 aliphatic carbocycles. The highest BCUT2D eigenvalue weighted by atomic mass is 127. The molecule has 0 aliphatic heterocycles. The van der Waals surface area contributed by atoms with Crippen molar-refractivity contribution in [3.05, 3.63) is 63.4 Å². The first-order chi connectivity index (χ1) is 10.6. The average molecular weight is 421 g/mol. The molecule has 1 heterocycles. The van der Waals surface area contributed by atoms with Crippen molar-refractivity contribution in [1.29, 1.82) is 0 Å². The maximum atomic E-state index is 5.34. The van der Waals surface area contributed by atoms with Gasteiger partial charge >= 0.3 is 0 Å². The fourth-order valence-corrected chi connectivity index (χ4v) is 2.88. The van der Waals surface area contributed by atoms with Gasteiger partial charge in [-0.25, -0.2) is 0 Å². The fourth-order valence-electron chi connectivity index (χ4n) is 2.33. The largest absolute Gasteiger partial charge is 0.359 e. The van der Waals surface area contributed by atoms with Crippen molar-refractivity contribution in [3.63, 3.8) is 0 Å². The first-order valence-electron chi connectivity index (χ1n) is 6.99. The minimum Gasteiger partial charge on any atom is -0.359 e. The van der Waals surface area contributed by atoms with Crippen LogP contribution in [0.15, 0.2) is 48.5 Å². The van der Waals surface area contributed by atoms with E-state index in [1.165, 1.54) is 25.7 Å². The molecule has 112 valence electrons.